The van der Waals surface area contributed by atoms with Crippen LogP contribution in [0.15, 0.2) is 59.8 Å². The number of amidine groups is 1. The van der Waals surface area contributed by atoms with Crippen molar-refractivity contribution in [1.82, 2.24) is 9.80 Å². The Kier molecular flexibility index (Phi) is 3.22. The van der Waals surface area contributed by atoms with E-state index in [-0.39, 0.29) is 6.04 Å². The third-order valence-electron chi connectivity index (χ3n) is 3.55. The van der Waals surface area contributed by atoms with Crippen molar-refractivity contribution in [3.8, 4) is 0 Å². The van der Waals surface area contributed by atoms with Gasteiger partial charge in [-0.05, 0) is 31.8 Å². The fourth-order valence-electron chi connectivity index (χ4n) is 2.73. The summed E-state index contributed by atoms with van der Waals surface area (Å²) in [7, 11) is 4.23. The molecule has 0 aromatic heterocycles. The summed E-state index contributed by atoms with van der Waals surface area (Å²) in [5.41, 5.74) is 1.29. The van der Waals surface area contributed by atoms with Crippen LogP contribution in [-0.4, -0.2) is 42.3 Å². The molecule has 19 heavy (non-hydrogen) atoms. The number of nitrogens with zero attached hydrogens (tertiary/aromatic N) is 3. The van der Waals surface area contributed by atoms with Crippen molar-refractivity contribution in [3.05, 3.63) is 60.3 Å². The molecule has 2 heterocycles. The fourth-order valence-corrected chi connectivity index (χ4v) is 2.73. The minimum atomic E-state index is 0.214. The summed E-state index contributed by atoms with van der Waals surface area (Å²) in [6, 6.07) is 11.2. The molecule has 98 valence electrons. The number of rotatable bonds is 3. The van der Waals surface area contributed by atoms with Gasteiger partial charge in [-0.25, -0.2) is 0 Å². The molecule has 0 spiro atoms. The van der Waals surface area contributed by atoms with Crippen LogP contribution in [0.25, 0.3) is 0 Å². The van der Waals surface area contributed by atoms with Crippen LogP contribution < -0.4 is 0 Å². The summed E-state index contributed by atoms with van der Waals surface area (Å²) in [5.74, 6) is 1.07. The molecule has 1 aromatic carbocycles. The number of likely N-dealkylation sites (N-methyl/N-ethyl adjacent to an activating group) is 1. The third kappa shape index (κ3) is 2.34. The van der Waals surface area contributed by atoms with Gasteiger partial charge in [0.1, 0.15) is 5.84 Å². The van der Waals surface area contributed by atoms with Crippen molar-refractivity contribution >= 4 is 5.84 Å². The smallest absolute Gasteiger partial charge is 0.128 e. The molecule has 3 heteroatoms. The minimum absolute atomic E-state index is 0.214. The minimum Gasteiger partial charge on any atom is -0.326 e. The Morgan fingerprint density at radius 3 is 2.68 bits per heavy atom. The van der Waals surface area contributed by atoms with Crippen molar-refractivity contribution < 1.29 is 0 Å². The van der Waals surface area contributed by atoms with Crippen molar-refractivity contribution in [3.63, 3.8) is 0 Å². The summed E-state index contributed by atoms with van der Waals surface area (Å²) >= 11 is 0. The highest BCUT2D eigenvalue weighted by Gasteiger charge is 2.35. The number of fused-ring (bicyclic) bond motifs is 1. The predicted octanol–water partition coefficient (Wildman–Crippen LogP) is 2.46. The number of aliphatic imine (C=N–C) groups is 1. The lowest BCUT2D eigenvalue weighted by Crippen LogP contribution is -2.40. The lowest BCUT2D eigenvalue weighted by Gasteiger charge is -2.30. The van der Waals surface area contributed by atoms with Crippen molar-refractivity contribution in [2.75, 3.05) is 20.6 Å². The first-order valence-corrected chi connectivity index (χ1v) is 6.66. The SMILES string of the molecule is CN(C)CC1C(c2ccccc2)N=C2C=CC=CN21. The maximum atomic E-state index is 4.89. The van der Waals surface area contributed by atoms with Gasteiger partial charge in [0.15, 0.2) is 0 Å². The second-order valence-electron chi connectivity index (χ2n) is 5.28. The number of hydrogen-bond acceptors (Lipinski definition) is 3. The number of benzene rings is 1. The fraction of sp³-hybridized carbons (Fsp3) is 0.312. The van der Waals surface area contributed by atoms with E-state index < -0.39 is 0 Å². The third-order valence-corrected chi connectivity index (χ3v) is 3.55. The van der Waals surface area contributed by atoms with Gasteiger partial charge in [-0.15, -0.1) is 0 Å². The lowest BCUT2D eigenvalue weighted by atomic mass is 9.99. The van der Waals surface area contributed by atoms with Crippen LogP contribution >= 0.6 is 0 Å². The molecular formula is C16H19N3. The lowest BCUT2D eigenvalue weighted by molar-refractivity contribution is 0.277. The van der Waals surface area contributed by atoms with Crippen LogP contribution in [0.3, 0.4) is 0 Å². The van der Waals surface area contributed by atoms with Gasteiger partial charge in [0.05, 0.1) is 12.1 Å². The second kappa shape index (κ2) is 5.02. The van der Waals surface area contributed by atoms with Crippen LogP contribution in [0.2, 0.25) is 0 Å². The van der Waals surface area contributed by atoms with E-state index in [9.17, 15) is 0 Å². The Balaban J connectivity index is 1.95. The summed E-state index contributed by atoms with van der Waals surface area (Å²) in [6.07, 6.45) is 8.35. The van der Waals surface area contributed by atoms with Crippen LogP contribution in [-0.2, 0) is 0 Å². The summed E-state index contributed by atoms with van der Waals surface area (Å²) in [5, 5.41) is 0. The molecule has 0 bridgehead atoms. The highest BCUT2D eigenvalue weighted by atomic mass is 15.3. The van der Waals surface area contributed by atoms with Gasteiger partial charge >= 0.3 is 0 Å². The second-order valence-corrected chi connectivity index (χ2v) is 5.28. The van der Waals surface area contributed by atoms with Gasteiger partial charge in [-0.3, -0.25) is 4.99 Å². The Hall–Kier alpha value is -1.87. The topological polar surface area (TPSA) is 18.8 Å². The monoisotopic (exact) mass is 253 g/mol. The molecule has 0 fully saturated rings. The molecule has 0 radical (unpaired) electrons. The standard InChI is InChI=1S/C16H19N3/c1-18(2)12-14-16(13-8-4-3-5-9-13)17-15-10-6-7-11-19(14)15/h3-11,14,16H,12H2,1-2H3. The highest BCUT2D eigenvalue weighted by Crippen LogP contribution is 2.33. The van der Waals surface area contributed by atoms with E-state index in [1.165, 1.54) is 5.56 Å². The molecule has 0 saturated carbocycles. The largest absolute Gasteiger partial charge is 0.326 e. The average Bonchev–Trinajstić information content (AvgIpc) is 2.78. The summed E-state index contributed by atoms with van der Waals surface area (Å²) < 4.78 is 0. The van der Waals surface area contributed by atoms with Gasteiger partial charge in [0.25, 0.3) is 0 Å². The van der Waals surface area contributed by atoms with Crippen molar-refractivity contribution in [2.45, 2.75) is 12.1 Å². The number of hydrogen-bond donors (Lipinski definition) is 0. The Morgan fingerprint density at radius 2 is 1.95 bits per heavy atom. The first kappa shape index (κ1) is 12.2. The van der Waals surface area contributed by atoms with E-state index in [0.717, 1.165) is 12.4 Å². The van der Waals surface area contributed by atoms with Crippen LogP contribution in [0.5, 0.6) is 0 Å². The van der Waals surface area contributed by atoms with Crippen LogP contribution in [0, 0.1) is 0 Å². The van der Waals surface area contributed by atoms with Crippen LogP contribution in [0.1, 0.15) is 11.6 Å². The number of allylic oxidation sites excluding steroid dienone is 2. The molecule has 0 amide bonds. The van der Waals surface area contributed by atoms with Crippen molar-refractivity contribution in [1.29, 1.82) is 0 Å². The van der Waals surface area contributed by atoms with E-state index in [2.05, 4.69) is 78.7 Å². The van der Waals surface area contributed by atoms with E-state index >= 15 is 0 Å². The van der Waals surface area contributed by atoms with E-state index in [0.29, 0.717) is 6.04 Å². The molecule has 3 rings (SSSR count). The maximum Gasteiger partial charge on any atom is 0.128 e. The molecule has 2 aliphatic heterocycles. The van der Waals surface area contributed by atoms with E-state index in [1.807, 2.05) is 0 Å². The zero-order chi connectivity index (χ0) is 13.2. The molecule has 0 N–H and O–H groups in total. The van der Waals surface area contributed by atoms with Gasteiger partial charge in [-0.2, -0.15) is 0 Å². The first-order valence-electron chi connectivity index (χ1n) is 6.66. The normalized spacial score (nSPS) is 24.8. The average molecular weight is 253 g/mol. The quantitative estimate of drug-likeness (QED) is 0.824. The molecule has 2 atom stereocenters. The van der Waals surface area contributed by atoms with Gasteiger partial charge in [0, 0.05) is 12.7 Å². The van der Waals surface area contributed by atoms with Gasteiger partial charge < -0.3 is 9.80 Å². The molecule has 0 aliphatic carbocycles. The zero-order valence-corrected chi connectivity index (χ0v) is 11.4. The molecule has 2 unspecified atom stereocenters. The predicted molar refractivity (Wildman–Crippen MR) is 79.1 cm³/mol. The zero-order valence-electron chi connectivity index (χ0n) is 11.4. The van der Waals surface area contributed by atoms with Gasteiger partial charge in [-0.1, -0.05) is 36.4 Å². The Labute approximate surface area is 114 Å². The first-order chi connectivity index (χ1) is 9.25. The Bertz CT molecular complexity index is 528. The molecule has 3 nitrogen and oxygen atoms in total. The summed E-state index contributed by atoms with van der Waals surface area (Å²) in [4.78, 5) is 9.41. The van der Waals surface area contributed by atoms with Gasteiger partial charge in [0.2, 0.25) is 0 Å². The molecule has 1 aromatic rings. The molecule has 0 saturated heterocycles. The Morgan fingerprint density at radius 1 is 1.16 bits per heavy atom. The van der Waals surface area contributed by atoms with Crippen molar-refractivity contribution in [2.24, 2.45) is 4.99 Å². The maximum absolute atomic E-state index is 4.89. The summed E-state index contributed by atoms with van der Waals surface area (Å²) in [6.45, 7) is 0.991. The van der Waals surface area contributed by atoms with E-state index in [1.54, 1.807) is 0 Å². The molecule has 2 aliphatic rings. The highest BCUT2D eigenvalue weighted by molar-refractivity contribution is 5.96. The van der Waals surface area contributed by atoms with Crippen LogP contribution in [0.4, 0.5) is 0 Å². The van der Waals surface area contributed by atoms with E-state index in [4.69, 9.17) is 4.99 Å². The molecular weight excluding hydrogens is 234 g/mol.